The monoisotopic (exact) mass is 295 g/mol. The number of nitrogens with two attached hydrogens (primary N) is 2. The standard InChI is InChI=1S/C15H22FN3O2/c1-9(2)14(15(18)21)19-8-13(20)12(17)7-10-3-5-11(16)6-4-10/h3-6,9,12,14,19H,7-8,17H2,1-2H3,(H2,18,21)/t12-,14?/m0/s1. The molecule has 2 atom stereocenters. The summed E-state index contributed by atoms with van der Waals surface area (Å²) in [7, 11) is 0. The van der Waals surface area contributed by atoms with Gasteiger partial charge >= 0.3 is 0 Å². The van der Waals surface area contributed by atoms with E-state index in [4.69, 9.17) is 11.5 Å². The number of benzene rings is 1. The SMILES string of the molecule is CC(C)C(NCC(=O)[C@@H](N)Cc1ccc(F)cc1)C(N)=O. The van der Waals surface area contributed by atoms with E-state index in [1.54, 1.807) is 12.1 Å². The molecule has 1 amide bonds. The molecule has 0 radical (unpaired) electrons. The summed E-state index contributed by atoms with van der Waals surface area (Å²) in [5, 5.41) is 2.83. The molecule has 6 heteroatoms. The quantitative estimate of drug-likeness (QED) is 0.645. The van der Waals surface area contributed by atoms with Crippen LogP contribution in [0.15, 0.2) is 24.3 Å². The van der Waals surface area contributed by atoms with E-state index in [1.165, 1.54) is 12.1 Å². The number of Topliss-reactive ketones (excluding diaryl/α,β-unsaturated/α-hetero) is 1. The lowest BCUT2D eigenvalue weighted by molar-refractivity contribution is -0.122. The predicted molar refractivity (Wildman–Crippen MR) is 78.9 cm³/mol. The van der Waals surface area contributed by atoms with Crippen LogP contribution in [-0.4, -0.2) is 30.3 Å². The second-order valence-corrected chi connectivity index (χ2v) is 5.41. The van der Waals surface area contributed by atoms with E-state index in [0.29, 0.717) is 6.42 Å². The van der Waals surface area contributed by atoms with Crippen LogP contribution < -0.4 is 16.8 Å². The molecule has 0 aliphatic heterocycles. The smallest absolute Gasteiger partial charge is 0.234 e. The predicted octanol–water partition coefficient (Wildman–Crippen LogP) is 0.364. The first kappa shape index (κ1) is 17.3. The highest BCUT2D eigenvalue weighted by Crippen LogP contribution is 2.06. The van der Waals surface area contributed by atoms with Crippen molar-refractivity contribution in [2.75, 3.05) is 6.54 Å². The van der Waals surface area contributed by atoms with Gasteiger partial charge in [-0.1, -0.05) is 26.0 Å². The van der Waals surface area contributed by atoms with E-state index in [1.807, 2.05) is 13.8 Å². The van der Waals surface area contributed by atoms with Crippen molar-refractivity contribution < 1.29 is 14.0 Å². The first-order chi connectivity index (χ1) is 9.81. The van der Waals surface area contributed by atoms with Crippen LogP contribution in [0.4, 0.5) is 4.39 Å². The number of carbonyl (C=O) groups excluding carboxylic acids is 2. The highest BCUT2D eigenvalue weighted by Gasteiger charge is 2.21. The van der Waals surface area contributed by atoms with E-state index >= 15 is 0 Å². The van der Waals surface area contributed by atoms with Crippen molar-refractivity contribution in [3.63, 3.8) is 0 Å². The van der Waals surface area contributed by atoms with Gasteiger partial charge in [0.2, 0.25) is 5.91 Å². The molecule has 5 nitrogen and oxygen atoms in total. The Balaban J connectivity index is 2.51. The Hall–Kier alpha value is -1.79. The van der Waals surface area contributed by atoms with E-state index in [0.717, 1.165) is 5.56 Å². The molecule has 0 aromatic heterocycles. The van der Waals surface area contributed by atoms with Gasteiger partial charge < -0.3 is 11.5 Å². The molecule has 1 aromatic rings. The van der Waals surface area contributed by atoms with Gasteiger partial charge in [0, 0.05) is 0 Å². The van der Waals surface area contributed by atoms with Crippen LogP contribution in [-0.2, 0) is 16.0 Å². The minimum Gasteiger partial charge on any atom is -0.368 e. The minimum absolute atomic E-state index is 0.0105. The Morgan fingerprint density at radius 1 is 1.24 bits per heavy atom. The molecule has 116 valence electrons. The number of hydrogen-bond donors (Lipinski definition) is 3. The highest BCUT2D eigenvalue weighted by molar-refractivity contribution is 5.87. The van der Waals surface area contributed by atoms with Gasteiger partial charge in [0.25, 0.3) is 0 Å². The topological polar surface area (TPSA) is 98.2 Å². The third kappa shape index (κ3) is 5.61. The van der Waals surface area contributed by atoms with Crippen LogP contribution in [0.5, 0.6) is 0 Å². The molecule has 0 fully saturated rings. The third-order valence-electron chi connectivity index (χ3n) is 3.25. The second kappa shape index (κ2) is 7.85. The average molecular weight is 295 g/mol. The Kier molecular flexibility index (Phi) is 6.45. The zero-order chi connectivity index (χ0) is 16.0. The van der Waals surface area contributed by atoms with Crippen molar-refractivity contribution in [3.05, 3.63) is 35.6 Å². The average Bonchev–Trinajstić information content (AvgIpc) is 2.40. The van der Waals surface area contributed by atoms with Gasteiger partial charge in [-0.2, -0.15) is 0 Å². The lowest BCUT2D eigenvalue weighted by Gasteiger charge is -2.19. The molecular weight excluding hydrogens is 273 g/mol. The van der Waals surface area contributed by atoms with Gasteiger partial charge in [-0.3, -0.25) is 14.9 Å². The van der Waals surface area contributed by atoms with E-state index in [9.17, 15) is 14.0 Å². The van der Waals surface area contributed by atoms with Crippen molar-refractivity contribution in [1.29, 1.82) is 0 Å². The Morgan fingerprint density at radius 2 is 1.81 bits per heavy atom. The molecule has 1 aromatic carbocycles. The number of halogens is 1. The van der Waals surface area contributed by atoms with Crippen LogP contribution in [0.1, 0.15) is 19.4 Å². The third-order valence-corrected chi connectivity index (χ3v) is 3.25. The second-order valence-electron chi connectivity index (χ2n) is 5.41. The number of nitrogens with one attached hydrogen (secondary N) is 1. The number of hydrogen-bond acceptors (Lipinski definition) is 4. The van der Waals surface area contributed by atoms with Gasteiger partial charge in [0.1, 0.15) is 5.82 Å². The van der Waals surface area contributed by atoms with Crippen LogP contribution in [0, 0.1) is 11.7 Å². The number of carbonyl (C=O) groups is 2. The van der Waals surface area contributed by atoms with Crippen molar-refractivity contribution >= 4 is 11.7 Å². The summed E-state index contributed by atoms with van der Waals surface area (Å²) >= 11 is 0. The van der Waals surface area contributed by atoms with Crippen LogP contribution in [0.3, 0.4) is 0 Å². The number of amides is 1. The van der Waals surface area contributed by atoms with E-state index in [2.05, 4.69) is 5.32 Å². The maximum atomic E-state index is 12.8. The summed E-state index contributed by atoms with van der Waals surface area (Å²) in [4.78, 5) is 23.2. The molecule has 1 rings (SSSR count). The number of primary amides is 1. The summed E-state index contributed by atoms with van der Waals surface area (Å²) < 4.78 is 12.8. The highest BCUT2D eigenvalue weighted by atomic mass is 19.1. The van der Waals surface area contributed by atoms with Crippen LogP contribution in [0.2, 0.25) is 0 Å². The molecule has 0 heterocycles. The Bertz CT molecular complexity index is 488. The van der Waals surface area contributed by atoms with Gasteiger partial charge in [-0.05, 0) is 30.0 Å². The summed E-state index contributed by atoms with van der Waals surface area (Å²) in [5.74, 6) is -1.05. The van der Waals surface area contributed by atoms with Gasteiger partial charge in [-0.25, -0.2) is 4.39 Å². The van der Waals surface area contributed by atoms with Gasteiger partial charge in [0.05, 0.1) is 18.6 Å². The maximum Gasteiger partial charge on any atom is 0.234 e. The van der Waals surface area contributed by atoms with Crippen molar-refractivity contribution in [2.45, 2.75) is 32.4 Å². The molecule has 0 aliphatic carbocycles. The fourth-order valence-electron chi connectivity index (χ4n) is 1.99. The molecule has 0 saturated carbocycles. The summed E-state index contributed by atoms with van der Waals surface area (Å²) in [6.45, 7) is 3.66. The Labute approximate surface area is 123 Å². The fraction of sp³-hybridized carbons (Fsp3) is 0.467. The van der Waals surface area contributed by atoms with Gasteiger partial charge in [0.15, 0.2) is 5.78 Å². The van der Waals surface area contributed by atoms with E-state index < -0.39 is 18.0 Å². The van der Waals surface area contributed by atoms with Crippen molar-refractivity contribution in [3.8, 4) is 0 Å². The Morgan fingerprint density at radius 3 is 2.29 bits per heavy atom. The first-order valence-corrected chi connectivity index (χ1v) is 6.86. The summed E-state index contributed by atoms with van der Waals surface area (Å²) in [6.07, 6.45) is 0.323. The molecule has 21 heavy (non-hydrogen) atoms. The number of ketones is 1. The van der Waals surface area contributed by atoms with Crippen LogP contribution in [0.25, 0.3) is 0 Å². The lowest BCUT2D eigenvalue weighted by atomic mass is 10.0. The fourth-order valence-corrected chi connectivity index (χ4v) is 1.99. The normalized spacial score (nSPS) is 14.0. The zero-order valence-corrected chi connectivity index (χ0v) is 12.3. The zero-order valence-electron chi connectivity index (χ0n) is 12.3. The van der Waals surface area contributed by atoms with Crippen molar-refractivity contribution in [1.82, 2.24) is 5.32 Å². The molecular formula is C15H22FN3O2. The molecule has 1 unspecified atom stereocenters. The van der Waals surface area contributed by atoms with Gasteiger partial charge in [-0.15, -0.1) is 0 Å². The molecule has 0 saturated heterocycles. The largest absolute Gasteiger partial charge is 0.368 e. The molecule has 0 bridgehead atoms. The molecule has 0 aliphatic rings. The summed E-state index contributed by atoms with van der Waals surface area (Å²) in [6, 6.07) is 4.57. The summed E-state index contributed by atoms with van der Waals surface area (Å²) in [5.41, 5.74) is 11.9. The van der Waals surface area contributed by atoms with E-state index in [-0.39, 0.29) is 24.1 Å². The molecule has 0 spiro atoms. The van der Waals surface area contributed by atoms with Crippen molar-refractivity contribution in [2.24, 2.45) is 17.4 Å². The lowest BCUT2D eigenvalue weighted by Crippen LogP contribution is -2.49. The first-order valence-electron chi connectivity index (χ1n) is 6.86. The van der Waals surface area contributed by atoms with Crippen LogP contribution >= 0.6 is 0 Å². The molecule has 5 N–H and O–H groups in total. The number of rotatable bonds is 8. The maximum absolute atomic E-state index is 12.8. The minimum atomic E-state index is -0.705.